The molecule has 0 aromatic carbocycles. The Balaban J connectivity index is 1.57. The molecule has 0 N–H and O–H groups in total. The number of hydrogen-bond acceptors (Lipinski definition) is 4. The predicted octanol–water partition coefficient (Wildman–Crippen LogP) is 6.47. The first-order valence-corrected chi connectivity index (χ1v) is 13.4. The topological polar surface area (TPSA) is 44.8 Å². The molecular weight excluding hydrogens is 400 g/mol. The Morgan fingerprint density at radius 1 is 1.00 bits per heavy atom. The Labute approximate surface area is 196 Å². The number of fused-ring (bicyclic) bond motifs is 5. The van der Waals surface area contributed by atoms with Crippen LogP contribution in [0.3, 0.4) is 0 Å². The summed E-state index contributed by atoms with van der Waals surface area (Å²) in [6, 6.07) is 0. The van der Waals surface area contributed by atoms with Gasteiger partial charge >= 0.3 is 5.97 Å². The number of methoxy groups -OCH3 is 2. The maximum Gasteiger partial charge on any atom is 0.305 e. The largest absolute Gasteiger partial charge is 0.469 e. The molecule has 4 fully saturated rings. The normalized spacial score (nSPS) is 46.6. The zero-order valence-corrected chi connectivity index (χ0v) is 21.5. The van der Waals surface area contributed by atoms with Gasteiger partial charge in [-0.1, -0.05) is 34.1 Å². The van der Waals surface area contributed by atoms with Gasteiger partial charge in [0.25, 0.3) is 0 Å². The van der Waals surface area contributed by atoms with Crippen LogP contribution >= 0.6 is 0 Å². The molecular formula is C28H48O4. The smallest absolute Gasteiger partial charge is 0.305 e. The van der Waals surface area contributed by atoms with Gasteiger partial charge in [0.1, 0.15) is 6.79 Å². The molecule has 4 aliphatic carbocycles. The fourth-order valence-corrected chi connectivity index (χ4v) is 9.37. The first-order chi connectivity index (χ1) is 15.2. The highest BCUT2D eigenvalue weighted by Gasteiger charge is 2.63. The summed E-state index contributed by atoms with van der Waals surface area (Å²) in [5.74, 6) is 5.06. The summed E-state index contributed by atoms with van der Waals surface area (Å²) in [4.78, 5) is 11.8. The molecule has 184 valence electrons. The monoisotopic (exact) mass is 448 g/mol. The number of carbonyl (C=O) groups excluding carboxylic acids is 1. The van der Waals surface area contributed by atoms with E-state index in [9.17, 15) is 4.79 Å². The lowest BCUT2D eigenvalue weighted by Gasteiger charge is -2.63. The van der Waals surface area contributed by atoms with Crippen molar-refractivity contribution in [2.75, 3.05) is 21.0 Å². The zero-order valence-electron chi connectivity index (χ0n) is 21.5. The van der Waals surface area contributed by atoms with Gasteiger partial charge in [0, 0.05) is 13.5 Å². The fourth-order valence-electron chi connectivity index (χ4n) is 9.37. The third-order valence-electron chi connectivity index (χ3n) is 11.1. The van der Waals surface area contributed by atoms with E-state index in [-0.39, 0.29) is 5.97 Å². The summed E-state index contributed by atoms with van der Waals surface area (Å²) in [6.07, 6.45) is 12.6. The van der Waals surface area contributed by atoms with E-state index < -0.39 is 0 Å². The molecule has 32 heavy (non-hydrogen) atoms. The van der Waals surface area contributed by atoms with Crippen molar-refractivity contribution in [1.82, 2.24) is 0 Å². The van der Waals surface area contributed by atoms with Crippen molar-refractivity contribution in [3.63, 3.8) is 0 Å². The number of carbonyl (C=O) groups is 1. The third kappa shape index (κ3) is 4.17. The molecule has 0 amide bonds. The van der Waals surface area contributed by atoms with Gasteiger partial charge < -0.3 is 14.2 Å². The van der Waals surface area contributed by atoms with E-state index in [0.29, 0.717) is 47.9 Å². The van der Waals surface area contributed by atoms with E-state index >= 15 is 0 Å². The van der Waals surface area contributed by atoms with E-state index in [1.54, 1.807) is 7.11 Å². The molecule has 0 radical (unpaired) electrons. The molecule has 4 heteroatoms. The fraction of sp³-hybridized carbons (Fsp3) is 0.964. The van der Waals surface area contributed by atoms with E-state index in [2.05, 4.69) is 27.7 Å². The van der Waals surface area contributed by atoms with Crippen LogP contribution in [0, 0.1) is 52.3 Å². The minimum atomic E-state index is -0.0638. The predicted molar refractivity (Wildman–Crippen MR) is 127 cm³/mol. The summed E-state index contributed by atoms with van der Waals surface area (Å²) in [6.45, 7) is 10.5. The average molecular weight is 449 g/mol. The zero-order chi connectivity index (χ0) is 23.1. The molecule has 4 unspecified atom stereocenters. The lowest BCUT2D eigenvalue weighted by Crippen LogP contribution is -2.58. The number of ether oxygens (including phenoxy) is 3. The molecule has 0 heterocycles. The Bertz CT molecular complexity index is 664. The van der Waals surface area contributed by atoms with Crippen molar-refractivity contribution >= 4 is 5.97 Å². The lowest BCUT2D eigenvalue weighted by molar-refractivity contribution is -0.204. The SMILES string of the molecule is COCOC1C[C@@H]2C[C@H](C)CC[C@]2(C)C2CC[C@@]3(C)C(CC[C@@H]3[C@H](C)CCC(=O)OC)C12. The van der Waals surface area contributed by atoms with Crippen LogP contribution in [0.1, 0.15) is 91.9 Å². The van der Waals surface area contributed by atoms with Crippen molar-refractivity contribution in [3.8, 4) is 0 Å². The average Bonchev–Trinajstić information content (AvgIpc) is 3.13. The highest BCUT2D eigenvalue weighted by Crippen LogP contribution is 2.69. The van der Waals surface area contributed by atoms with Gasteiger partial charge in [-0.3, -0.25) is 4.79 Å². The Morgan fingerprint density at radius 2 is 1.72 bits per heavy atom. The van der Waals surface area contributed by atoms with E-state index in [0.717, 1.165) is 30.1 Å². The van der Waals surface area contributed by atoms with Crippen LogP contribution in [0.4, 0.5) is 0 Å². The Morgan fingerprint density at radius 3 is 2.44 bits per heavy atom. The van der Waals surface area contributed by atoms with Gasteiger partial charge in [-0.05, 0) is 104 Å². The number of esters is 1. The van der Waals surface area contributed by atoms with Crippen molar-refractivity contribution in [2.24, 2.45) is 52.3 Å². The lowest BCUT2D eigenvalue weighted by atomic mass is 9.43. The summed E-state index contributed by atoms with van der Waals surface area (Å²) in [5.41, 5.74) is 0.858. The molecule has 0 bridgehead atoms. The molecule has 0 aromatic rings. The van der Waals surface area contributed by atoms with Crippen molar-refractivity contribution < 1.29 is 19.0 Å². The highest BCUT2D eigenvalue weighted by molar-refractivity contribution is 5.69. The second-order valence-corrected chi connectivity index (χ2v) is 12.5. The van der Waals surface area contributed by atoms with Crippen LogP contribution in [0.25, 0.3) is 0 Å². The quantitative estimate of drug-likeness (QED) is 0.331. The standard InChI is InChI=1S/C28H48O4/c1-18-11-13-27(3)20(15-18)16-24(32-17-30-5)26-22-9-8-21(19(2)7-10-25(29)31-6)28(22,4)14-12-23(26)27/h18-24,26H,7-17H2,1-6H3/t18-,19-,20+,21-,22?,23?,24?,26?,27+,28-/m1/s1. The van der Waals surface area contributed by atoms with Crippen LogP contribution in [0.15, 0.2) is 0 Å². The van der Waals surface area contributed by atoms with Gasteiger partial charge in [0.2, 0.25) is 0 Å². The molecule has 0 saturated heterocycles. The maximum atomic E-state index is 11.8. The molecule has 4 nitrogen and oxygen atoms in total. The summed E-state index contributed by atoms with van der Waals surface area (Å²) >= 11 is 0. The van der Waals surface area contributed by atoms with E-state index in [4.69, 9.17) is 14.2 Å². The minimum Gasteiger partial charge on any atom is -0.469 e. The van der Waals surface area contributed by atoms with Gasteiger partial charge in [-0.25, -0.2) is 0 Å². The van der Waals surface area contributed by atoms with Gasteiger partial charge in [0.15, 0.2) is 0 Å². The molecule has 4 rings (SSSR count). The first kappa shape index (κ1) is 24.5. The molecule has 10 atom stereocenters. The molecule has 0 aromatic heterocycles. The second-order valence-electron chi connectivity index (χ2n) is 12.5. The van der Waals surface area contributed by atoms with E-state index in [1.807, 2.05) is 0 Å². The molecule has 4 aliphatic rings. The number of hydrogen-bond donors (Lipinski definition) is 0. The van der Waals surface area contributed by atoms with Crippen LogP contribution in [-0.4, -0.2) is 33.1 Å². The van der Waals surface area contributed by atoms with E-state index in [1.165, 1.54) is 58.5 Å². The Hall–Kier alpha value is -0.610. The van der Waals surface area contributed by atoms with Crippen LogP contribution in [0.5, 0.6) is 0 Å². The number of rotatable bonds is 7. The van der Waals surface area contributed by atoms with Crippen molar-refractivity contribution in [2.45, 2.75) is 98.0 Å². The first-order valence-electron chi connectivity index (χ1n) is 13.4. The highest BCUT2D eigenvalue weighted by atomic mass is 16.7. The molecule has 0 aliphatic heterocycles. The minimum absolute atomic E-state index is 0.0638. The van der Waals surface area contributed by atoms with Gasteiger partial charge in [0.05, 0.1) is 13.2 Å². The Kier molecular flexibility index (Phi) is 7.33. The van der Waals surface area contributed by atoms with Crippen molar-refractivity contribution in [1.29, 1.82) is 0 Å². The van der Waals surface area contributed by atoms with Gasteiger partial charge in [-0.15, -0.1) is 0 Å². The van der Waals surface area contributed by atoms with Crippen LogP contribution < -0.4 is 0 Å². The van der Waals surface area contributed by atoms with Gasteiger partial charge in [-0.2, -0.15) is 0 Å². The molecule has 0 spiro atoms. The second kappa shape index (κ2) is 9.56. The summed E-state index contributed by atoms with van der Waals surface area (Å²) in [7, 11) is 3.26. The van der Waals surface area contributed by atoms with Crippen LogP contribution in [0.2, 0.25) is 0 Å². The maximum absolute atomic E-state index is 11.8. The third-order valence-corrected chi connectivity index (χ3v) is 11.1. The van der Waals surface area contributed by atoms with Crippen LogP contribution in [-0.2, 0) is 19.0 Å². The summed E-state index contributed by atoms with van der Waals surface area (Å²) in [5, 5.41) is 0. The summed E-state index contributed by atoms with van der Waals surface area (Å²) < 4.78 is 16.8. The molecule has 4 saturated carbocycles. The van der Waals surface area contributed by atoms with Crippen molar-refractivity contribution in [3.05, 3.63) is 0 Å².